The smallest absolute Gasteiger partial charge is 0.261 e. The number of hydrogen-bond acceptors (Lipinski definition) is 5. The van der Waals surface area contributed by atoms with Crippen LogP contribution in [0.2, 0.25) is 0 Å². The van der Waals surface area contributed by atoms with Crippen LogP contribution >= 0.6 is 11.3 Å². The first kappa shape index (κ1) is 18.4. The van der Waals surface area contributed by atoms with Gasteiger partial charge >= 0.3 is 0 Å². The Kier molecular flexibility index (Phi) is 6.25. The van der Waals surface area contributed by atoms with Crippen LogP contribution in [-0.4, -0.2) is 38.1 Å². The van der Waals surface area contributed by atoms with Crippen LogP contribution in [0.25, 0.3) is 0 Å². The molecule has 2 amide bonds. The quantitative estimate of drug-likeness (QED) is 0.814. The zero-order chi connectivity index (χ0) is 18.4. The lowest BCUT2D eigenvalue weighted by molar-refractivity contribution is -0.119. The first-order valence-corrected chi connectivity index (χ1v) is 9.47. The van der Waals surface area contributed by atoms with Crippen LogP contribution in [0.15, 0.2) is 36.4 Å². The summed E-state index contributed by atoms with van der Waals surface area (Å²) in [7, 11) is 0. The number of anilines is 1. The van der Waals surface area contributed by atoms with Crippen molar-refractivity contribution in [1.82, 2.24) is 10.6 Å². The van der Waals surface area contributed by atoms with Crippen molar-refractivity contribution in [2.75, 3.05) is 31.2 Å². The van der Waals surface area contributed by atoms with E-state index in [1.165, 1.54) is 18.3 Å². The first-order chi connectivity index (χ1) is 12.6. The highest BCUT2D eigenvalue weighted by molar-refractivity contribution is 7.14. The van der Waals surface area contributed by atoms with Crippen molar-refractivity contribution >= 4 is 28.8 Å². The van der Waals surface area contributed by atoms with Crippen molar-refractivity contribution in [3.8, 4) is 0 Å². The standard InChI is InChI=1S/C19H23N3O3S/c1-14(23)20-13-16-6-7-18(26-16)19(24)21-12-15-4-2-3-5-17(15)22-8-10-25-11-9-22/h2-7H,8-13H2,1H3,(H,20,23)(H,21,24). The van der Waals surface area contributed by atoms with E-state index in [1.54, 1.807) is 6.07 Å². The lowest BCUT2D eigenvalue weighted by Gasteiger charge is -2.30. The van der Waals surface area contributed by atoms with Crippen LogP contribution in [0.1, 0.15) is 27.0 Å². The van der Waals surface area contributed by atoms with Crippen LogP contribution in [0, 0.1) is 0 Å². The van der Waals surface area contributed by atoms with Crippen molar-refractivity contribution in [3.05, 3.63) is 51.7 Å². The number of thiophene rings is 1. The summed E-state index contributed by atoms with van der Waals surface area (Å²) in [5, 5.41) is 5.74. The van der Waals surface area contributed by atoms with Crippen molar-refractivity contribution in [2.45, 2.75) is 20.0 Å². The minimum Gasteiger partial charge on any atom is -0.378 e. The molecule has 0 spiro atoms. The molecule has 138 valence electrons. The number of carbonyl (C=O) groups excluding carboxylic acids is 2. The number of hydrogen-bond donors (Lipinski definition) is 2. The molecule has 7 heteroatoms. The van der Waals surface area contributed by atoms with E-state index in [4.69, 9.17) is 4.74 Å². The Bertz CT molecular complexity index is 769. The fraction of sp³-hybridized carbons (Fsp3) is 0.368. The van der Waals surface area contributed by atoms with E-state index in [-0.39, 0.29) is 11.8 Å². The molecule has 1 saturated heterocycles. The van der Waals surface area contributed by atoms with Gasteiger partial charge in [0.2, 0.25) is 5.91 Å². The fourth-order valence-corrected chi connectivity index (χ4v) is 3.71. The van der Waals surface area contributed by atoms with Crippen molar-refractivity contribution in [1.29, 1.82) is 0 Å². The average Bonchev–Trinajstić information content (AvgIpc) is 3.14. The molecule has 0 radical (unpaired) electrons. The predicted octanol–water partition coefficient (Wildman–Crippen LogP) is 2.15. The van der Waals surface area contributed by atoms with E-state index in [0.717, 1.165) is 42.4 Å². The van der Waals surface area contributed by atoms with Gasteiger partial charge in [-0.2, -0.15) is 0 Å². The molecule has 1 aromatic carbocycles. The highest BCUT2D eigenvalue weighted by Crippen LogP contribution is 2.22. The molecular weight excluding hydrogens is 350 g/mol. The van der Waals surface area contributed by atoms with E-state index in [9.17, 15) is 9.59 Å². The molecule has 3 rings (SSSR count). The van der Waals surface area contributed by atoms with Gasteiger partial charge in [-0.05, 0) is 23.8 Å². The minimum atomic E-state index is -0.0964. The highest BCUT2D eigenvalue weighted by Gasteiger charge is 2.15. The zero-order valence-corrected chi connectivity index (χ0v) is 15.6. The van der Waals surface area contributed by atoms with Gasteiger partial charge in [0.25, 0.3) is 5.91 Å². The van der Waals surface area contributed by atoms with Crippen molar-refractivity contribution in [3.63, 3.8) is 0 Å². The molecule has 0 atom stereocenters. The van der Waals surface area contributed by atoms with E-state index in [0.29, 0.717) is 18.0 Å². The molecule has 2 aromatic rings. The van der Waals surface area contributed by atoms with Crippen LogP contribution in [0.3, 0.4) is 0 Å². The maximum absolute atomic E-state index is 12.4. The second-order valence-electron chi connectivity index (χ2n) is 6.09. The monoisotopic (exact) mass is 373 g/mol. The van der Waals surface area contributed by atoms with E-state index < -0.39 is 0 Å². The van der Waals surface area contributed by atoms with Gasteiger partial charge in [-0.1, -0.05) is 18.2 Å². The molecule has 2 heterocycles. The molecule has 0 aliphatic carbocycles. The number of nitrogens with one attached hydrogen (secondary N) is 2. The normalized spacial score (nSPS) is 14.1. The third kappa shape index (κ3) is 4.83. The molecule has 1 aromatic heterocycles. The molecule has 1 aliphatic rings. The lowest BCUT2D eigenvalue weighted by atomic mass is 10.1. The van der Waals surface area contributed by atoms with E-state index >= 15 is 0 Å². The third-order valence-corrected chi connectivity index (χ3v) is 5.26. The maximum Gasteiger partial charge on any atom is 0.261 e. The number of morpholine rings is 1. The Morgan fingerprint density at radius 3 is 2.62 bits per heavy atom. The maximum atomic E-state index is 12.4. The summed E-state index contributed by atoms with van der Waals surface area (Å²) in [4.78, 5) is 27.3. The summed E-state index contributed by atoms with van der Waals surface area (Å²) < 4.78 is 5.42. The molecular formula is C19H23N3O3S. The fourth-order valence-electron chi connectivity index (χ4n) is 2.84. The van der Waals surface area contributed by atoms with Crippen LogP contribution in [-0.2, 0) is 22.6 Å². The summed E-state index contributed by atoms with van der Waals surface area (Å²) in [5.41, 5.74) is 2.24. The largest absolute Gasteiger partial charge is 0.378 e. The molecule has 1 aliphatic heterocycles. The number of para-hydroxylation sites is 1. The van der Waals surface area contributed by atoms with Gasteiger partial charge in [0.05, 0.1) is 24.6 Å². The second-order valence-corrected chi connectivity index (χ2v) is 7.25. The van der Waals surface area contributed by atoms with Gasteiger partial charge in [-0.15, -0.1) is 11.3 Å². The van der Waals surface area contributed by atoms with Gasteiger partial charge in [0.1, 0.15) is 0 Å². The van der Waals surface area contributed by atoms with Gasteiger partial charge in [-0.3, -0.25) is 9.59 Å². The van der Waals surface area contributed by atoms with Crippen LogP contribution in [0.4, 0.5) is 5.69 Å². The molecule has 2 N–H and O–H groups in total. The minimum absolute atomic E-state index is 0.0795. The second kappa shape index (κ2) is 8.82. The van der Waals surface area contributed by atoms with Gasteiger partial charge in [-0.25, -0.2) is 0 Å². The number of benzene rings is 1. The Balaban J connectivity index is 1.60. The van der Waals surface area contributed by atoms with Gasteiger partial charge in [0.15, 0.2) is 0 Å². The van der Waals surface area contributed by atoms with Crippen molar-refractivity contribution in [2.24, 2.45) is 0 Å². The van der Waals surface area contributed by atoms with Crippen LogP contribution < -0.4 is 15.5 Å². The summed E-state index contributed by atoms with van der Waals surface area (Å²) in [6, 6.07) is 11.8. The Morgan fingerprint density at radius 1 is 1.08 bits per heavy atom. The predicted molar refractivity (Wildman–Crippen MR) is 102 cm³/mol. The summed E-state index contributed by atoms with van der Waals surface area (Å²) >= 11 is 1.40. The molecule has 0 bridgehead atoms. The number of rotatable bonds is 6. The van der Waals surface area contributed by atoms with E-state index in [1.807, 2.05) is 24.3 Å². The number of ether oxygens (including phenoxy) is 1. The van der Waals surface area contributed by atoms with Crippen molar-refractivity contribution < 1.29 is 14.3 Å². The first-order valence-electron chi connectivity index (χ1n) is 8.65. The van der Waals surface area contributed by atoms with Gasteiger partial charge < -0.3 is 20.3 Å². The SMILES string of the molecule is CC(=O)NCc1ccc(C(=O)NCc2ccccc2N2CCOCC2)s1. The summed E-state index contributed by atoms with van der Waals surface area (Å²) in [6.45, 7) is 5.59. The molecule has 26 heavy (non-hydrogen) atoms. The molecule has 0 saturated carbocycles. The number of nitrogens with zero attached hydrogens (tertiary/aromatic N) is 1. The Morgan fingerprint density at radius 2 is 1.85 bits per heavy atom. The van der Waals surface area contributed by atoms with E-state index in [2.05, 4.69) is 21.6 Å². The topological polar surface area (TPSA) is 70.7 Å². The highest BCUT2D eigenvalue weighted by atomic mass is 32.1. The Hall–Kier alpha value is -2.38. The van der Waals surface area contributed by atoms with Gasteiger partial charge in [0, 0.05) is 37.1 Å². The molecule has 6 nitrogen and oxygen atoms in total. The molecule has 1 fully saturated rings. The number of amides is 2. The third-order valence-electron chi connectivity index (χ3n) is 4.18. The summed E-state index contributed by atoms with van der Waals surface area (Å²) in [5.74, 6) is -0.176. The Labute approximate surface area is 157 Å². The number of carbonyl (C=O) groups is 2. The lowest BCUT2D eigenvalue weighted by Crippen LogP contribution is -2.37. The molecule has 0 unspecified atom stereocenters. The summed E-state index contributed by atoms with van der Waals surface area (Å²) in [6.07, 6.45) is 0. The average molecular weight is 373 g/mol. The van der Waals surface area contributed by atoms with Crippen LogP contribution in [0.5, 0.6) is 0 Å². The zero-order valence-electron chi connectivity index (χ0n) is 14.8.